The average molecular weight is 846 g/mol. The van der Waals surface area contributed by atoms with E-state index in [9.17, 15) is 0 Å². The van der Waals surface area contributed by atoms with Crippen molar-refractivity contribution in [2.45, 2.75) is 0 Å². The van der Waals surface area contributed by atoms with Crippen molar-refractivity contribution >= 4 is 92.1 Å². The topological polar surface area (TPSA) is 16.4 Å². The fraction of sp³-hybridized carbons (Fsp3) is 0. The van der Waals surface area contributed by atoms with Gasteiger partial charge in [-0.3, -0.25) is 0 Å². The molecule has 11 aromatic carbocycles. The van der Waals surface area contributed by atoms with Crippen molar-refractivity contribution in [2.75, 3.05) is 4.90 Å². The van der Waals surface area contributed by atoms with Gasteiger partial charge >= 0.3 is 0 Å². The highest BCUT2D eigenvalue weighted by molar-refractivity contribution is 7.26. The second kappa shape index (κ2) is 15.2. The number of benzene rings is 11. The molecule has 2 heterocycles. The van der Waals surface area contributed by atoms with Crippen LogP contribution in [-0.4, -0.2) is 0 Å². The first-order valence-electron chi connectivity index (χ1n) is 22.2. The van der Waals surface area contributed by atoms with E-state index in [0.717, 1.165) is 61.3 Å². The predicted molar refractivity (Wildman–Crippen MR) is 278 cm³/mol. The Morgan fingerprint density at radius 2 is 0.862 bits per heavy atom. The van der Waals surface area contributed by atoms with Crippen molar-refractivity contribution in [3.63, 3.8) is 0 Å². The molecule has 0 saturated heterocycles. The number of nitrogens with zero attached hydrogens (tertiary/aromatic N) is 1. The lowest BCUT2D eigenvalue weighted by Gasteiger charge is -2.27. The fourth-order valence-corrected chi connectivity index (χ4v) is 11.3. The summed E-state index contributed by atoms with van der Waals surface area (Å²) in [5, 5.41) is 9.77. The lowest BCUT2D eigenvalue weighted by Crippen LogP contribution is -2.10. The van der Waals surface area contributed by atoms with Crippen LogP contribution in [-0.2, 0) is 0 Å². The quantitative estimate of drug-likeness (QED) is 0.149. The summed E-state index contributed by atoms with van der Waals surface area (Å²) in [5.41, 5.74) is 14.6. The Balaban J connectivity index is 0.965. The van der Waals surface area contributed by atoms with E-state index in [1.165, 1.54) is 64.0 Å². The number of rotatable bonds is 7. The Bertz CT molecular complexity index is 3720. The lowest BCUT2D eigenvalue weighted by molar-refractivity contribution is 0.670. The first-order valence-corrected chi connectivity index (χ1v) is 23.0. The van der Waals surface area contributed by atoms with Gasteiger partial charge in [-0.2, -0.15) is 0 Å². The van der Waals surface area contributed by atoms with Crippen LogP contribution in [0.2, 0.25) is 0 Å². The maximum absolute atomic E-state index is 6.65. The van der Waals surface area contributed by atoms with E-state index in [-0.39, 0.29) is 0 Å². The van der Waals surface area contributed by atoms with Gasteiger partial charge in [0.1, 0.15) is 11.2 Å². The summed E-state index contributed by atoms with van der Waals surface area (Å²) in [6.07, 6.45) is 0. The van der Waals surface area contributed by atoms with Crippen LogP contribution < -0.4 is 4.90 Å². The molecule has 0 N–H and O–H groups in total. The van der Waals surface area contributed by atoms with E-state index in [1.54, 1.807) is 0 Å². The third-order valence-corrected chi connectivity index (χ3v) is 14.3. The summed E-state index contributed by atoms with van der Waals surface area (Å²) >= 11 is 1.88. The zero-order valence-electron chi connectivity index (χ0n) is 35.3. The number of fused-ring (bicyclic) bond motifs is 9. The molecule has 0 saturated carbocycles. The van der Waals surface area contributed by atoms with Crippen molar-refractivity contribution in [3.8, 4) is 44.5 Å². The Hall–Kier alpha value is -8.24. The molecule has 0 aliphatic heterocycles. The van der Waals surface area contributed by atoms with Crippen LogP contribution in [0.15, 0.2) is 241 Å². The molecule has 65 heavy (non-hydrogen) atoms. The summed E-state index contributed by atoms with van der Waals surface area (Å²) in [4.78, 5) is 2.42. The van der Waals surface area contributed by atoms with Gasteiger partial charge in [0.05, 0.1) is 5.69 Å². The fourth-order valence-electron chi connectivity index (χ4n) is 10.1. The number of hydrogen-bond donors (Lipinski definition) is 0. The van der Waals surface area contributed by atoms with Crippen molar-refractivity contribution in [1.82, 2.24) is 0 Å². The lowest BCUT2D eigenvalue weighted by atomic mass is 9.94. The molecule has 304 valence electrons. The van der Waals surface area contributed by atoms with Gasteiger partial charge in [0, 0.05) is 53.3 Å². The van der Waals surface area contributed by atoms with Crippen LogP contribution in [0.5, 0.6) is 0 Å². The standard InChI is InChI=1S/C62H39NOS/c1-3-14-40(15-4-1)50-38-36-48(59-54-20-9-11-24-57(54)64-61(50)59)43-26-31-45(32-27-43)63(56-23-13-22-52-47-19-8-7-18-42(47)30-35-53(52)56)46-33-28-44(29-34-46)49-37-39-51(41-16-5-2-6-17-41)62-60(49)55-21-10-12-25-58(55)65-62/h1-39H. The van der Waals surface area contributed by atoms with E-state index < -0.39 is 0 Å². The minimum absolute atomic E-state index is 0.891. The molecule has 0 unspecified atom stereocenters. The molecule has 0 aliphatic carbocycles. The van der Waals surface area contributed by atoms with Crippen molar-refractivity contribution in [1.29, 1.82) is 0 Å². The van der Waals surface area contributed by atoms with Gasteiger partial charge < -0.3 is 9.32 Å². The zero-order chi connectivity index (χ0) is 42.8. The van der Waals surface area contributed by atoms with Gasteiger partial charge in [0.25, 0.3) is 0 Å². The summed E-state index contributed by atoms with van der Waals surface area (Å²) in [6.45, 7) is 0. The molecule has 0 bridgehead atoms. The molecule has 2 nitrogen and oxygen atoms in total. The second-order valence-corrected chi connectivity index (χ2v) is 17.8. The molecule has 0 aliphatic rings. The summed E-state index contributed by atoms with van der Waals surface area (Å²) < 4.78 is 9.27. The zero-order valence-corrected chi connectivity index (χ0v) is 36.1. The molecule has 13 rings (SSSR count). The number of anilines is 3. The van der Waals surface area contributed by atoms with Crippen LogP contribution in [0, 0.1) is 0 Å². The summed E-state index contributed by atoms with van der Waals surface area (Å²) in [6, 6.07) is 85.8. The Labute approximate surface area is 380 Å². The SMILES string of the molecule is c1ccc(-c2ccc(-c3ccc(N(c4ccc(-c5ccc(-c6ccccc6)c6sc7ccccc7c56)cc4)c4cccc5c4ccc4ccccc45)cc3)c3c2oc2ccccc23)cc1. The smallest absolute Gasteiger partial charge is 0.143 e. The highest BCUT2D eigenvalue weighted by Crippen LogP contribution is 2.47. The predicted octanol–water partition coefficient (Wildman–Crippen LogP) is 18.4. The molecular formula is C62H39NOS. The number of thiophene rings is 1. The van der Waals surface area contributed by atoms with Crippen LogP contribution in [0.1, 0.15) is 0 Å². The Kier molecular flexibility index (Phi) is 8.75. The maximum atomic E-state index is 6.65. The molecule has 0 spiro atoms. The molecule has 0 fully saturated rings. The first-order chi connectivity index (χ1) is 32.2. The molecule has 0 amide bonds. The molecule has 0 radical (unpaired) electrons. The van der Waals surface area contributed by atoms with Gasteiger partial charge in [-0.15, -0.1) is 11.3 Å². The second-order valence-electron chi connectivity index (χ2n) is 16.7. The first kappa shape index (κ1) is 37.3. The monoisotopic (exact) mass is 845 g/mol. The highest BCUT2D eigenvalue weighted by atomic mass is 32.1. The van der Waals surface area contributed by atoms with Gasteiger partial charge in [-0.25, -0.2) is 0 Å². The van der Waals surface area contributed by atoms with E-state index >= 15 is 0 Å². The van der Waals surface area contributed by atoms with Crippen LogP contribution in [0.25, 0.3) is 108 Å². The van der Waals surface area contributed by atoms with Gasteiger partial charge in [-0.1, -0.05) is 188 Å². The third kappa shape index (κ3) is 6.16. The summed E-state index contributed by atoms with van der Waals surface area (Å²) in [5.74, 6) is 0. The van der Waals surface area contributed by atoms with Gasteiger partial charge in [0.2, 0.25) is 0 Å². The van der Waals surface area contributed by atoms with Gasteiger partial charge in [-0.05, 0) is 104 Å². The van der Waals surface area contributed by atoms with E-state index in [2.05, 4.69) is 235 Å². The molecule has 2 aromatic heterocycles. The third-order valence-electron chi connectivity index (χ3n) is 13.1. The number of hydrogen-bond acceptors (Lipinski definition) is 3. The minimum atomic E-state index is 0.891. The van der Waals surface area contributed by atoms with Crippen LogP contribution in [0.3, 0.4) is 0 Å². The molecule has 3 heteroatoms. The normalized spacial score (nSPS) is 11.7. The van der Waals surface area contributed by atoms with Gasteiger partial charge in [0.15, 0.2) is 0 Å². The highest BCUT2D eigenvalue weighted by Gasteiger charge is 2.21. The molecule has 13 aromatic rings. The summed E-state index contributed by atoms with van der Waals surface area (Å²) in [7, 11) is 0. The largest absolute Gasteiger partial charge is 0.455 e. The van der Waals surface area contributed by atoms with E-state index in [1.807, 2.05) is 17.4 Å². The van der Waals surface area contributed by atoms with E-state index in [4.69, 9.17) is 4.42 Å². The van der Waals surface area contributed by atoms with Crippen LogP contribution in [0.4, 0.5) is 17.1 Å². The minimum Gasteiger partial charge on any atom is -0.455 e. The van der Waals surface area contributed by atoms with Crippen molar-refractivity contribution in [2.24, 2.45) is 0 Å². The van der Waals surface area contributed by atoms with E-state index in [0.29, 0.717) is 0 Å². The Morgan fingerprint density at radius 3 is 1.58 bits per heavy atom. The number of furan rings is 1. The van der Waals surface area contributed by atoms with Crippen molar-refractivity contribution < 1.29 is 4.42 Å². The molecular weight excluding hydrogens is 807 g/mol. The Morgan fingerprint density at radius 1 is 0.323 bits per heavy atom. The van der Waals surface area contributed by atoms with Crippen LogP contribution >= 0.6 is 11.3 Å². The van der Waals surface area contributed by atoms with Crippen molar-refractivity contribution in [3.05, 3.63) is 237 Å². The average Bonchev–Trinajstić information content (AvgIpc) is 3.97. The maximum Gasteiger partial charge on any atom is 0.143 e. The number of para-hydroxylation sites is 1. The molecule has 0 atom stereocenters.